The van der Waals surface area contributed by atoms with Gasteiger partial charge in [0.25, 0.3) is 0 Å². The van der Waals surface area contributed by atoms with Crippen LogP contribution in [0.2, 0.25) is 0 Å². The third-order valence-electron chi connectivity index (χ3n) is 4.71. The molecule has 2 aliphatic rings. The van der Waals surface area contributed by atoms with Crippen LogP contribution in [0.4, 0.5) is 0 Å². The average Bonchev–Trinajstić information content (AvgIpc) is 3.30. The molecule has 1 aromatic rings. The van der Waals surface area contributed by atoms with Crippen molar-refractivity contribution >= 4 is 15.9 Å². The fourth-order valence-electron chi connectivity index (χ4n) is 3.13. The molecule has 1 aromatic carbocycles. The second-order valence-electron chi connectivity index (χ2n) is 6.45. The number of methoxy groups -OCH3 is 1. The first-order chi connectivity index (χ1) is 10.1. The lowest BCUT2D eigenvalue weighted by Crippen LogP contribution is -2.39. The fourth-order valence-corrected chi connectivity index (χ4v) is 3.85. The van der Waals surface area contributed by atoms with Crippen LogP contribution in [-0.2, 0) is 5.54 Å². The van der Waals surface area contributed by atoms with E-state index < -0.39 is 0 Å². The number of benzene rings is 1. The van der Waals surface area contributed by atoms with E-state index in [1.807, 2.05) is 6.07 Å². The molecule has 0 unspecified atom stereocenters. The number of hydrogen-bond donors (Lipinski definition) is 1. The molecule has 0 saturated heterocycles. The van der Waals surface area contributed by atoms with Crippen molar-refractivity contribution in [3.8, 4) is 11.5 Å². The summed E-state index contributed by atoms with van der Waals surface area (Å²) in [6.45, 7) is 0.788. The SMILES string of the molecule is COc1cc(C2(N)CCCCC2)c(Br)cc1OCC1CC1. The lowest BCUT2D eigenvalue weighted by Gasteiger charge is -2.35. The highest BCUT2D eigenvalue weighted by Crippen LogP contribution is 2.43. The molecule has 0 atom stereocenters. The molecule has 4 heteroatoms. The first kappa shape index (κ1) is 15.2. The first-order valence-electron chi connectivity index (χ1n) is 7.92. The fraction of sp³-hybridized carbons (Fsp3) is 0.647. The summed E-state index contributed by atoms with van der Waals surface area (Å²) in [4.78, 5) is 0. The van der Waals surface area contributed by atoms with Gasteiger partial charge in [0, 0.05) is 10.0 Å². The summed E-state index contributed by atoms with van der Waals surface area (Å²) in [6, 6.07) is 4.09. The minimum atomic E-state index is -0.237. The Kier molecular flexibility index (Phi) is 4.46. The lowest BCUT2D eigenvalue weighted by atomic mass is 9.77. The van der Waals surface area contributed by atoms with Crippen LogP contribution in [0.5, 0.6) is 11.5 Å². The number of rotatable bonds is 5. The van der Waals surface area contributed by atoms with Crippen molar-refractivity contribution in [3.05, 3.63) is 22.2 Å². The molecule has 2 aliphatic carbocycles. The third-order valence-corrected chi connectivity index (χ3v) is 5.36. The first-order valence-corrected chi connectivity index (χ1v) is 8.71. The predicted molar refractivity (Wildman–Crippen MR) is 87.9 cm³/mol. The quantitative estimate of drug-likeness (QED) is 0.854. The Hall–Kier alpha value is -0.740. The van der Waals surface area contributed by atoms with Crippen molar-refractivity contribution in [2.24, 2.45) is 11.7 Å². The van der Waals surface area contributed by atoms with Crippen LogP contribution in [0.25, 0.3) is 0 Å². The smallest absolute Gasteiger partial charge is 0.162 e. The largest absolute Gasteiger partial charge is 0.493 e. The summed E-state index contributed by atoms with van der Waals surface area (Å²) in [5.74, 6) is 2.34. The van der Waals surface area contributed by atoms with Gasteiger partial charge in [-0.3, -0.25) is 0 Å². The van der Waals surface area contributed by atoms with Gasteiger partial charge in [-0.1, -0.05) is 35.2 Å². The van der Waals surface area contributed by atoms with Crippen LogP contribution in [0, 0.1) is 5.92 Å². The Balaban J connectivity index is 1.86. The predicted octanol–water partition coefficient (Wildman–Crippen LogP) is 4.36. The summed E-state index contributed by atoms with van der Waals surface area (Å²) in [5, 5.41) is 0. The van der Waals surface area contributed by atoms with Crippen LogP contribution in [0.1, 0.15) is 50.5 Å². The molecular weight excluding hydrogens is 330 g/mol. The molecule has 116 valence electrons. The Labute approximate surface area is 135 Å². The molecule has 0 aliphatic heterocycles. The number of nitrogens with two attached hydrogens (primary N) is 1. The maximum atomic E-state index is 6.66. The Morgan fingerprint density at radius 2 is 1.90 bits per heavy atom. The van der Waals surface area contributed by atoms with Crippen molar-refractivity contribution in [2.75, 3.05) is 13.7 Å². The average molecular weight is 354 g/mol. The molecule has 21 heavy (non-hydrogen) atoms. The molecule has 3 rings (SSSR count). The molecule has 0 heterocycles. The maximum absolute atomic E-state index is 6.66. The van der Waals surface area contributed by atoms with Crippen LogP contribution < -0.4 is 15.2 Å². The van der Waals surface area contributed by atoms with E-state index in [9.17, 15) is 0 Å². The molecule has 0 amide bonds. The van der Waals surface area contributed by atoms with Crippen molar-refractivity contribution in [2.45, 2.75) is 50.5 Å². The molecule has 0 spiro atoms. The second-order valence-corrected chi connectivity index (χ2v) is 7.31. The Morgan fingerprint density at radius 3 is 2.52 bits per heavy atom. The van der Waals surface area contributed by atoms with Crippen LogP contribution in [-0.4, -0.2) is 13.7 Å². The van der Waals surface area contributed by atoms with Gasteiger partial charge >= 0.3 is 0 Å². The van der Waals surface area contributed by atoms with Gasteiger partial charge in [0.15, 0.2) is 11.5 Å². The number of ether oxygens (including phenoxy) is 2. The van der Waals surface area contributed by atoms with Gasteiger partial charge < -0.3 is 15.2 Å². The zero-order valence-electron chi connectivity index (χ0n) is 12.7. The standard InChI is InChI=1S/C17H24BrNO2/c1-20-15-9-13(17(19)7-3-2-4-8-17)14(18)10-16(15)21-11-12-5-6-12/h9-10,12H,2-8,11,19H2,1H3. The highest BCUT2D eigenvalue weighted by molar-refractivity contribution is 9.10. The van der Waals surface area contributed by atoms with Crippen molar-refractivity contribution < 1.29 is 9.47 Å². The van der Waals surface area contributed by atoms with Crippen LogP contribution >= 0.6 is 15.9 Å². The highest BCUT2D eigenvalue weighted by atomic mass is 79.9. The lowest BCUT2D eigenvalue weighted by molar-refractivity contribution is 0.276. The summed E-state index contributed by atoms with van der Waals surface area (Å²) >= 11 is 3.69. The number of halogens is 1. The van der Waals surface area contributed by atoms with Gasteiger partial charge in [-0.15, -0.1) is 0 Å². The van der Waals surface area contributed by atoms with Gasteiger partial charge in [0.05, 0.1) is 13.7 Å². The second kappa shape index (κ2) is 6.17. The Bertz CT molecular complexity index is 508. The molecule has 0 aromatic heterocycles. The zero-order chi connectivity index (χ0) is 14.9. The minimum Gasteiger partial charge on any atom is -0.493 e. The zero-order valence-corrected chi connectivity index (χ0v) is 14.2. The van der Waals surface area contributed by atoms with E-state index in [2.05, 4.69) is 22.0 Å². The molecule has 0 bridgehead atoms. The van der Waals surface area contributed by atoms with Gasteiger partial charge in [-0.05, 0) is 49.3 Å². The Morgan fingerprint density at radius 1 is 1.19 bits per heavy atom. The monoisotopic (exact) mass is 353 g/mol. The highest BCUT2D eigenvalue weighted by Gasteiger charge is 2.32. The summed E-state index contributed by atoms with van der Waals surface area (Å²) in [6.07, 6.45) is 8.34. The molecular formula is C17H24BrNO2. The summed E-state index contributed by atoms with van der Waals surface area (Å²) < 4.78 is 12.5. The van der Waals surface area contributed by atoms with Gasteiger partial charge in [-0.2, -0.15) is 0 Å². The molecule has 2 fully saturated rings. The topological polar surface area (TPSA) is 44.5 Å². The van der Waals surface area contributed by atoms with Gasteiger partial charge in [-0.25, -0.2) is 0 Å². The number of hydrogen-bond acceptors (Lipinski definition) is 3. The van der Waals surface area contributed by atoms with E-state index in [-0.39, 0.29) is 5.54 Å². The van der Waals surface area contributed by atoms with E-state index in [0.717, 1.165) is 46.9 Å². The van der Waals surface area contributed by atoms with Crippen LogP contribution in [0.15, 0.2) is 16.6 Å². The molecule has 0 radical (unpaired) electrons. The third kappa shape index (κ3) is 3.37. The van der Waals surface area contributed by atoms with Crippen molar-refractivity contribution in [1.82, 2.24) is 0 Å². The normalized spacial score (nSPS) is 21.1. The van der Waals surface area contributed by atoms with Crippen molar-refractivity contribution in [3.63, 3.8) is 0 Å². The van der Waals surface area contributed by atoms with Crippen molar-refractivity contribution in [1.29, 1.82) is 0 Å². The van der Waals surface area contributed by atoms with E-state index in [1.165, 1.54) is 32.1 Å². The minimum absolute atomic E-state index is 0.237. The van der Waals surface area contributed by atoms with E-state index in [0.29, 0.717) is 0 Å². The van der Waals surface area contributed by atoms with Gasteiger partial charge in [0.2, 0.25) is 0 Å². The van der Waals surface area contributed by atoms with E-state index >= 15 is 0 Å². The maximum Gasteiger partial charge on any atom is 0.162 e. The molecule has 2 N–H and O–H groups in total. The molecule has 3 nitrogen and oxygen atoms in total. The van der Waals surface area contributed by atoms with Gasteiger partial charge in [0.1, 0.15) is 0 Å². The summed E-state index contributed by atoms with van der Waals surface area (Å²) in [7, 11) is 1.70. The van der Waals surface area contributed by atoms with Crippen LogP contribution in [0.3, 0.4) is 0 Å². The van der Waals surface area contributed by atoms with E-state index in [4.69, 9.17) is 15.2 Å². The summed E-state index contributed by atoms with van der Waals surface area (Å²) in [5.41, 5.74) is 7.57. The van der Waals surface area contributed by atoms with E-state index in [1.54, 1.807) is 7.11 Å². The molecule has 2 saturated carbocycles.